The molecule has 5 nitrogen and oxygen atoms in total. The molecule has 1 aliphatic heterocycles. The van der Waals surface area contributed by atoms with Crippen LogP contribution in [0.2, 0.25) is 0 Å². The Morgan fingerprint density at radius 3 is 3.05 bits per heavy atom. The van der Waals surface area contributed by atoms with E-state index in [0.717, 1.165) is 37.2 Å². The predicted molar refractivity (Wildman–Crippen MR) is 77.4 cm³/mol. The molecular weight excluding hydrogens is 252 g/mol. The first-order chi connectivity index (χ1) is 9.74. The monoisotopic (exact) mass is 272 g/mol. The van der Waals surface area contributed by atoms with Crippen LogP contribution in [0.15, 0.2) is 36.8 Å². The van der Waals surface area contributed by atoms with Gasteiger partial charge in [0.1, 0.15) is 5.82 Å². The van der Waals surface area contributed by atoms with E-state index in [1.165, 1.54) is 0 Å². The molecule has 0 amide bonds. The maximum atomic E-state index is 10.4. The molecule has 0 bridgehead atoms. The van der Waals surface area contributed by atoms with Gasteiger partial charge in [-0.15, -0.1) is 0 Å². The second kappa shape index (κ2) is 5.63. The third-order valence-electron chi connectivity index (χ3n) is 3.93. The van der Waals surface area contributed by atoms with Crippen LogP contribution < -0.4 is 4.90 Å². The molecule has 2 atom stereocenters. The smallest absolute Gasteiger partial charge is 0.128 e. The number of hydrogen-bond donors (Lipinski definition) is 1. The molecular formula is C15H20N4O. The number of aliphatic hydroxyl groups is 1. The Hall–Kier alpha value is -1.88. The molecule has 0 spiro atoms. The average Bonchev–Trinajstić information content (AvgIpc) is 3.09. The molecule has 106 valence electrons. The lowest BCUT2D eigenvalue weighted by Gasteiger charge is -2.27. The van der Waals surface area contributed by atoms with Gasteiger partial charge in [0.2, 0.25) is 0 Å². The summed E-state index contributed by atoms with van der Waals surface area (Å²) in [6.07, 6.45) is 7.97. The molecule has 1 fully saturated rings. The Bertz CT molecular complexity index is 554. The molecule has 0 aromatic carbocycles. The van der Waals surface area contributed by atoms with Crippen molar-refractivity contribution in [1.82, 2.24) is 14.8 Å². The first kappa shape index (κ1) is 13.1. The lowest BCUT2D eigenvalue weighted by molar-refractivity contribution is 0.158. The van der Waals surface area contributed by atoms with Crippen LogP contribution in [-0.4, -0.2) is 32.5 Å². The van der Waals surface area contributed by atoms with Gasteiger partial charge in [-0.05, 0) is 31.4 Å². The molecule has 1 saturated heterocycles. The quantitative estimate of drug-likeness (QED) is 0.923. The normalized spacial score (nSPS) is 20.3. The molecule has 20 heavy (non-hydrogen) atoms. The minimum atomic E-state index is -0.460. The van der Waals surface area contributed by atoms with Gasteiger partial charge in [-0.2, -0.15) is 5.10 Å². The van der Waals surface area contributed by atoms with Crippen molar-refractivity contribution < 1.29 is 5.11 Å². The van der Waals surface area contributed by atoms with Gasteiger partial charge in [0.15, 0.2) is 0 Å². The molecule has 5 heteroatoms. The van der Waals surface area contributed by atoms with E-state index in [2.05, 4.69) is 15.0 Å². The number of aryl methyl sites for hydroxylation is 1. The zero-order valence-electron chi connectivity index (χ0n) is 11.7. The topological polar surface area (TPSA) is 54.2 Å². The lowest BCUT2D eigenvalue weighted by Crippen LogP contribution is -2.31. The summed E-state index contributed by atoms with van der Waals surface area (Å²) in [5, 5.41) is 14.5. The van der Waals surface area contributed by atoms with Gasteiger partial charge in [0.25, 0.3) is 0 Å². The third kappa shape index (κ3) is 2.67. The molecule has 1 N–H and O–H groups in total. The summed E-state index contributed by atoms with van der Waals surface area (Å²) >= 11 is 0. The van der Waals surface area contributed by atoms with Crippen LogP contribution in [0, 0.1) is 0 Å². The van der Waals surface area contributed by atoms with Crippen molar-refractivity contribution in [3.63, 3.8) is 0 Å². The van der Waals surface area contributed by atoms with Crippen LogP contribution in [0.3, 0.4) is 0 Å². The number of anilines is 1. The van der Waals surface area contributed by atoms with Crippen LogP contribution in [-0.2, 0) is 7.05 Å². The maximum Gasteiger partial charge on any atom is 0.128 e. The molecule has 0 radical (unpaired) electrons. The average molecular weight is 272 g/mol. The van der Waals surface area contributed by atoms with Crippen molar-refractivity contribution in [2.75, 3.05) is 11.4 Å². The van der Waals surface area contributed by atoms with Gasteiger partial charge in [0.05, 0.1) is 12.3 Å². The van der Waals surface area contributed by atoms with E-state index in [9.17, 15) is 5.11 Å². The minimum absolute atomic E-state index is 0.347. The fraction of sp³-hybridized carbons (Fsp3) is 0.467. The van der Waals surface area contributed by atoms with E-state index in [1.807, 2.05) is 37.6 Å². The standard InChI is InChI=1S/C15H20N4O/c1-18-11-12(10-17-18)14(20)9-13-5-4-8-19(13)15-6-2-3-7-16-15/h2-3,6-7,10-11,13-14,20H,4-5,8-9H2,1H3. The Balaban J connectivity index is 1.70. The first-order valence-corrected chi connectivity index (χ1v) is 7.08. The van der Waals surface area contributed by atoms with Crippen molar-refractivity contribution in [2.45, 2.75) is 31.4 Å². The summed E-state index contributed by atoms with van der Waals surface area (Å²) in [4.78, 5) is 6.73. The highest BCUT2D eigenvalue weighted by molar-refractivity contribution is 5.40. The molecule has 2 unspecified atom stereocenters. The highest BCUT2D eigenvalue weighted by Gasteiger charge is 2.28. The van der Waals surface area contributed by atoms with Gasteiger partial charge in [-0.1, -0.05) is 6.07 Å². The number of pyridine rings is 1. The molecule has 2 aromatic heterocycles. The molecule has 0 aliphatic carbocycles. The van der Waals surface area contributed by atoms with Crippen molar-refractivity contribution in [2.24, 2.45) is 7.05 Å². The van der Waals surface area contributed by atoms with Crippen LogP contribution in [0.1, 0.15) is 30.9 Å². The number of aromatic nitrogens is 3. The largest absolute Gasteiger partial charge is 0.388 e. The summed E-state index contributed by atoms with van der Waals surface area (Å²) in [6, 6.07) is 6.32. The Morgan fingerprint density at radius 2 is 2.35 bits per heavy atom. The van der Waals surface area contributed by atoms with E-state index in [0.29, 0.717) is 6.04 Å². The fourth-order valence-corrected chi connectivity index (χ4v) is 2.91. The fourth-order valence-electron chi connectivity index (χ4n) is 2.91. The molecule has 2 aromatic rings. The van der Waals surface area contributed by atoms with E-state index >= 15 is 0 Å². The number of rotatable bonds is 4. The number of nitrogens with zero attached hydrogens (tertiary/aromatic N) is 4. The minimum Gasteiger partial charge on any atom is -0.388 e. The van der Waals surface area contributed by atoms with Gasteiger partial charge < -0.3 is 10.0 Å². The summed E-state index contributed by atoms with van der Waals surface area (Å²) in [7, 11) is 1.87. The van der Waals surface area contributed by atoms with Crippen molar-refractivity contribution >= 4 is 5.82 Å². The highest BCUT2D eigenvalue weighted by atomic mass is 16.3. The maximum absolute atomic E-state index is 10.4. The summed E-state index contributed by atoms with van der Waals surface area (Å²) in [6.45, 7) is 1.02. The Morgan fingerprint density at radius 1 is 1.45 bits per heavy atom. The molecule has 1 aliphatic rings. The Kier molecular flexibility index (Phi) is 3.69. The lowest BCUT2D eigenvalue weighted by atomic mass is 10.0. The second-order valence-electron chi connectivity index (χ2n) is 5.38. The van der Waals surface area contributed by atoms with Gasteiger partial charge in [-0.3, -0.25) is 4.68 Å². The Labute approximate surface area is 118 Å². The molecule has 0 saturated carbocycles. The van der Waals surface area contributed by atoms with Crippen molar-refractivity contribution in [3.8, 4) is 0 Å². The van der Waals surface area contributed by atoms with Crippen LogP contribution in [0.5, 0.6) is 0 Å². The van der Waals surface area contributed by atoms with Crippen LogP contribution in [0.25, 0.3) is 0 Å². The van der Waals surface area contributed by atoms with Crippen LogP contribution in [0.4, 0.5) is 5.82 Å². The predicted octanol–water partition coefficient (Wildman–Crippen LogP) is 1.91. The van der Waals surface area contributed by atoms with E-state index in [-0.39, 0.29) is 0 Å². The second-order valence-corrected chi connectivity index (χ2v) is 5.38. The van der Waals surface area contributed by atoms with E-state index in [1.54, 1.807) is 10.9 Å². The molecule has 3 heterocycles. The summed E-state index contributed by atoms with van der Waals surface area (Å²) in [5.41, 5.74) is 0.889. The summed E-state index contributed by atoms with van der Waals surface area (Å²) in [5.74, 6) is 1.01. The zero-order chi connectivity index (χ0) is 13.9. The van der Waals surface area contributed by atoms with Crippen LogP contribution >= 0.6 is 0 Å². The third-order valence-corrected chi connectivity index (χ3v) is 3.93. The van der Waals surface area contributed by atoms with Gasteiger partial charge in [-0.25, -0.2) is 4.98 Å². The first-order valence-electron chi connectivity index (χ1n) is 7.08. The SMILES string of the molecule is Cn1cc(C(O)CC2CCCN2c2ccccn2)cn1. The zero-order valence-corrected chi connectivity index (χ0v) is 11.7. The van der Waals surface area contributed by atoms with Crippen molar-refractivity contribution in [3.05, 3.63) is 42.4 Å². The van der Waals surface area contributed by atoms with E-state index < -0.39 is 6.10 Å². The molecule has 3 rings (SSSR count). The van der Waals surface area contributed by atoms with Gasteiger partial charge >= 0.3 is 0 Å². The van der Waals surface area contributed by atoms with Crippen molar-refractivity contribution in [1.29, 1.82) is 0 Å². The number of aliphatic hydroxyl groups excluding tert-OH is 1. The van der Waals surface area contributed by atoms with Gasteiger partial charge in [0, 0.05) is 37.6 Å². The highest BCUT2D eigenvalue weighted by Crippen LogP contribution is 2.30. The van der Waals surface area contributed by atoms with E-state index in [4.69, 9.17) is 0 Å². The summed E-state index contributed by atoms with van der Waals surface area (Å²) < 4.78 is 1.73. The number of hydrogen-bond acceptors (Lipinski definition) is 4.